The lowest BCUT2D eigenvalue weighted by Gasteiger charge is -2.32. The first-order valence-electron chi connectivity index (χ1n) is 6.37. The monoisotopic (exact) mass is 178 g/mol. The normalized spacial score (nSPS) is 35.1. The zero-order valence-electron chi connectivity index (χ0n) is 8.78. The first kappa shape index (κ1) is 8.32. The Kier molecular flexibility index (Phi) is 1.76. The summed E-state index contributed by atoms with van der Waals surface area (Å²) in [6, 6.07) is 0. The summed E-state index contributed by atoms with van der Waals surface area (Å²) in [5.41, 5.74) is 1.79. The summed E-state index contributed by atoms with van der Waals surface area (Å²) in [6.07, 6.45) is 17.2. The van der Waals surface area contributed by atoms with Crippen LogP contribution in [0.4, 0.5) is 0 Å². The van der Waals surface area contributed by atoms with Gasteiger partial charge in [-0.05, 0) is 42.9 Å². The summed E-state index contributed by atoms with van der Waals surface area (Å²) in [5, 5.41) is 0. The zero-order valence-corrected chi connectivity index (χ0v) is 8.78. The molecule has 0 saturated heterocycles. The van der Waals surface area contributed by atoms with Gasteiger partial charge < -0.3 is 0 Å². The second-order valence-corrected chi connectivity index (χ2v) is 5.86. The number of hydrogen-bond donors (Lipinski definition) is 0. The molecule has 0 heterocycles. The average molecular weight is 178 g/mol. The quantitative estimate of drug-likeness (QED) is 0.519. The minimum Gasteiger partial charge on any atom is -0.0533 e. The Labute approximate surface area is 82.1 Å². The van der Waals surface area contributed by atoms with Crippen molar-refractivity contribution in [1.29, 1.82) is 0 Å². The lowest BCUT2D eigenvalue weighted by Crippen LogP contribution is -2.20. The Morgan fingerprint density at radius 1 is 0.462 bits per heavy atom. The fourth-order valence-corrected chi connectivity index (χ4v) is 4.47. The molecule has 3 aliphatic carbocycles. The highest BCUT2D eigenvalue weighted by molar-refractivity contribution is 5.15. The third-order valence-corrected chi connectivity index (χ3v) is 5.30. The van der Waals surface area contributed by atoms with Crippen molar-refractivity contribution in [2.24, 2.45) is 10.8 Å². The molecule has 13 heavy (non-hydrogen) atoms. The van der Waals surface area contributed by atoms with Gasteiger partial charge in [0.15, 0.2) is 0 Å². The van der Waals surface area contributed by atoms with Crippen LogP contribution >= 0.6 is 0 Å². The van der Waals surface area contributed by atoms with Crippen LogP contribution in [0.25, 0.3) is 0 Å². The van der Waals surface area contributed by atoms with Gasteiger partial charge in [-0.15, -0.1) is 0 Å². The predicted octanol–water partition coefficient (Wildman–Crippen LogP) is 4.29. The first-order valence-corrected chi connectivity index (χ1v) is 6.37. The summed E-state index contributed by atoms with van der Waals surface area (Å²) in [4.78, 5) is 0. The van der Waals surface area contributed by atoms with E-state index in [1.54, 1.807) is 57.8 Å². The zero-order chi connectivity index (χ0) is 8.78. The van der Waals surface area contributed by atoms with Gasteiger partial charge in [0.05, 0.1) is 0 Å². The summed E-state index contributed by atoms with van der Waals surface area (Å²) in [6.45, 7) is 0. The van der Waals surface area contributed by atoms with Crippen molar-refractivity contribution >= 4 is 0 Å². The van der Waals surface area contributed by atoms with Crippen LogP contribution in [0.5, 0.6) is 0 Å². The van der Waals surface area contributed by atoms with Gasteiger partial charge in [0.2, 0.25) is 0 Å². The molecule has 0 unspecified atom stereocenters. The van der Waals surface area contributed by atoms with Crippen LogP contribution in [0.1, 0.15) is 70.6 Å². The van der Waals surface area contributed by atoms with E-state index < -0.39 is 0 Å². The van der Waals surface area contributed by atoms with Crippen molar-refractivity contribution in [2.75, 3.05) is 0 Å². The molecule has 0 aromatic carbocycles. The predicted molar refractivity (Wildman–Crippen MR) is 55.7 cm³/mol. The Bertz CT molecular complexity index is 170. The Morgan fingerprint density at radius 2 is 0.846 bits per heavy atom. The van der Waals surface area contributed by atoms with E-state index >= 15 is 0 Å². The number of hydrogen-bond acceptors (Lipinski definition) is 0. The lowest BCUT2D eigenvalue weighted by atomic mass is 9.73. The van der Waals surface area contributed by atoms with E-state index in [0.29, 0.717) is 0 Å². The van der Waals surface area contributed by atoms with E-state index in [9.17, 15) is 0 Å². The van der Waals surface area contributed by atoms with Crippen LogP contribution in [0.3, 0.4) is 0 Å². The molecule has 0 radical (unpaired) electrons. The largest absolute Gasteiger partial charge is 0.0533 e. The van der Waals surface area contributed by atoms with Crippen LogP contribution in [0.15, 0.2) is 0 Å². The molecule has 74 valence electrons. The van der Waals surface area contributed by atoms with Crippen molar-refractivity contribution in [1.82, 2.24) is 0 Å². The Balaban J connectivity index is 1.73. The van der Waals surface area contributed by atoms with Crippen LogP contribution in [-0.2, 0) is 0 Å². The van der Waals surface area contributed by atoms with Crippen molar-refractivity contribution in [2.45, 2.75) is 70.6 Å². The highest BCUT2D eigenvalue weighted by Crippen LogP contribution is 2.75. The molecule has 0 aliphatic heterocycles. The third kappa shape index (κ3) is 1.10. The molecule has 3 fully saturated rings. The number of fused-ring (bicyclic) bond motifs is 1. The SMILES string of the molecule is C1CCC2(CC1)CC21CCCCC1. The van der Waals surface area contributed by atoms with Crippen molar-refractivity contribution in [3.8, 4) is 0 Å². The maximum Gasteiger partial charge on any atom is -0.0235 e. The standard InChI is InChI=1S/C13H22/c1-3-7-12(8-4-1)11-13(12)9-5-2-6-10-13/h1-11H2. The molecule has 2 spiro atoms. The minimum absolute atomic E-state index is 0.895. The minimum atomic E-state index is 0.895. The van der Waals surface area contributed by atoms with Crippen LogP contribution in [0.2, 0.25) is 0 Å². The molecule has 0 N–H and O–H groups in total. The van der Waals surface area contributed by atoms with E-state index in [1.165, 1.54) is 12.8 Å². The van der Waals surface area contributed by atoms with Gasteiger partial charge in [-0.1, -0.05) is 38.5 Å². The maximum absolute atomic E-state index is 1.62. The molecule has 0 heteroatoms. The van der Waals surface area contributed by atoms with Gasteiger partial charge in [0, 0.05) is 0 Å². The van der Waals surface area contributed by atoms with Crippen LogP contribution in [-0.4, -0.2) is 0 Å². The Morgan fingerprint density at radius 3 is 1.23 bits per heavy atom. The molecule has 0 atom stereocenters. The van der Waals surface area contributed by atoms with Crippen molar-refractivity contribution < 1.29 is 0 Å². The number of rotatable bonds is 0. The highest BCUT2D eigenvalue weighted by Gasteiger charge is 2.65. The first-order chi connectivity index (χ1) is 6.37. The van der Waals surface area contributed by atoms with E-state index in [2.05, 4.69) is 0 Å². The summed E-state index contributed by atoms with van der Waals surface area (Å²) >= 11 is 0. The fraction of sp³-hybridized carbons (Fsp3) is 1.00. The van der Waals surface area contributed by atoms with Gasteiger partial charge in [0.25, 0.3) is 0 Å². The molecule has 3 rings (SSSR count). The van der Waals surface area contributed by atoms with Gasteiger partial charge >= 0.3 is 0 Å². The van der Waals surface area contributed by atoms with E-state index in [-0.39, 0.29) is 0 Å². The second kappa shape index (κ2) is 2.74. The average Bonchev–Trinajstić information content (AvgIpc) is 2.74. The molecular weight excluding hydrogens is 156 g/mol. The van der Waals surface area contributed by atoms with Crippen molar-refractivity contribution in [3.63, 3.8) is 0 Å². The van der Waals surface area contributed by atoms with Crippen molar-refractivity contribution in [3.05, 3.63) is 0 Å². The molecule has 3 aliphatic rings. The van der Waals surface area contributed by atoms with Gasteiger partial charge in [-0.2, -0.15) is 0 Å². The third-order valence-electron chi connectivity index (χ3n) is 5.30. The van der Waals surface area contributed by atoms with E-state index in [0.717, 1.165) is 10.8 Å². The summed E-state index contributed by atoms with van der Waals surface area (Å²) in [5.74, 6) is 0. The van der Waals surface area contributed by atoms with Gasteiger partial charge in [-0.3, -0.25) is 0 Å². The molecule has 3 saturated carbocycles. The second-order valence-electron chi connectivity index (χ2n) is 5.86. The van der Waals surface area contributed by atoms with Gasteiger partial charge in [-0.25, -0.2) is 0 Å². The van der Waals surface area contributed by atoms with E-state index in [4.69, 9.17) is 0 Å². The molecule has 0 nitrogen and oxygen atoms in total. The molecule has 0 bridgehead atoms. The Hall–Kier alpha value is 0. The molecule has 0 aromatic heterocycles. The smallest absolute Gasteiger partial charge is 0.0235 e. The van der Waals surface area contributed by atoms with Crippen LogP contribution < -0.4 is 0 Å². The summed E-state index contributed by atoms with van der Waals surface area (Å²) in [7, 11) is 0. The lowest BCUT2D eigenvalue weighted by molar-refractivity contribution is 0.196. The highest BCUT2D eigenvalue weighted by atomic mass is 14.7. The molecular formula is C13H22. The van der Waals surface area contributed by atoms with E-state index in [1.807, 2.05) is 0 Å². The topological polar surface area (TPSA) is 0 Å². The van der Waals surface area contributed by atoms with Gasteiger partial charge in [0.1, 0.15) is 0 Å². The fourth-order valence-electron chi connectivity index (χ4n) is 4.47. The van der Waals surface area contributed by atoms with Crippen LogP contribution in [0, 0.1) is 10.8 Å². The summed E-state index contributed by atoms with van der Waals surface area (Å²) < 4.78 is 0. The molecule has 0 aromatic rings. The molecule has 0 amide bonds. The maximum atomic E-state index is 1.62.